The van der Waals surface area contributed by atoms with Crippen LogP contribution in [-0.2, 0) is 22.6 Å². The zero-order chi connectivity index (χ0) is 15.4. The van der Waals surface area contributed by atoms with Gasteiger partial charge in [-0.25, -0.2) is 0 Å². The number of rotatable bonds is 5. The third-order valence-electron chi connectivity index (χ3n) is 3.72. The molecule has 0 aromatic carbocycles. The van der Waals surface area contributed by atoms with E-state index in [4.69, 9.17) is 5.73 Å². The van der Waals surface area contributed by atoms with E-state index in [1.165, 1.54) is 10.4 Å². The minimum Gasteiger partial charge on any atom is -0.343 e. The first kappa shape index (κ1) is 18.9. The molecule has 0 saturated carbocycles. The van der Waals surface area contributed by atoms with E-state index in [2.05, 4.69) is 16.8 Å². The molecular weight excluding hydrogens is 322 g/mol. The molecule has 3 N–H and O–H groups in total. The number of amides is 2. The van der Waals surface area contributed by atoms with Crippen molar-refractivity contribution in [2.75, 3.05) is 6.54 Å². The fourth-order valence-electron chi connectivity index (χ4n) is 2.51. The second kappa shape index (κ2) is 8.50. The van der Waals surface area contributed by atoms with Crippen LogP contribution in [0.2, 0.25) is 0 Å². The van der Waals surface area contributed by atoms with Crippen molar-refractivity contribution in [3.63, 3.8) is 0 Å². The van der Waals surface area contributed by atoms with E-state index in [1.807, 2.05) is 11.8 Å². The Labute approximate surface area is 141 Å². The van der Waals surface area contributed by atoms with Crippen LogP contribution in [-0.4, -0.2) is 35.3 Å². The van der Waals surface area contributed by atoms with E-state index in [9.17, 15) is 9.59 Å². The SMILES string of the molecule is CCCC(NC(=O)[C@H](C)N)C(=O)N1CCc2sccc2C1.Cl. The van der Waals surface area contributed by atoms with E-state index in [0.29, 0.717) is 13.0 Å². The lowest BCUT2D eigenvalue weighted by Crippen LogP contribution is -2.52. The van der Waals surface area contributed by atoms with Gasteiger partial charge >= 0.3 is 0 Å². The molecule has 1 aromatic rings. The Kier molecular flexibility index (Phi) is 7.32. The number of thiophene rings is 1. The van der Waals surface area contributed by atoms with Crippen molar-refractivity contribution in [1.29, 1.82) is 0 Å². The molecule has 5 nitrogen and oxygen atoms in total. The van der Waals surface area contributed by atoms with Crippen molar-refractivity contribution in [2.24, 2.45) is 5.73 Å². The topological polar surface area (TPSA) is 75.4 Å². The zero-order valence-electron chi connectivity index (χ0n) is 13.0. The molecule has 0 fully saturated rings. The molecular formula is C15H24ClN3O2S. The van der Waals surface area contributed by atoms with Crippen LogP contribution in [0.3, 0.4) is 0 Å². The van der Waals surface area contributed by atoms with Crippen molar-refractivity contribution in [2.45, 2.75) is 51.7 Å². The van der Waals surface area contributed by atoms with Gasteiger partial charge in [0.15, 0.2) is 0 Å². The molecule has 2 rings (SSSR count). The standard InChI is InChI=1S/C15H23N3O2S.ClH/c1-3-4-12(17-14(19)10(2)16)15(20)18-7-5-13-11(9-18)6-8-21-13;/h6,8,10,12H,3-5,7,9,16H2,1-2H3,(H,17,19);1H/t10-,12?;/m0./s1. The Bertz CT molecular complexity index is 519. The third kappa shape index (κ3) is 4.44. The van der Waals surface area contributed by atoms with Gasteiger partial charge in [-0.3, -0.25) is 9.59 Å². The number of nitrogens with zero attached hydrogens (tertiary/aromatic N) is 1. The lowest BCUT2D eigenvalue weighted by atomic mass is 10.1. The van der Waals surface area contributed by atoms with Crippen molar-refractivity contribution in [1.82, 2.24) is 10.2 Å². The normalized spacial score (nSPS) is 16.2. The summed E-state index contributed by atoms with van der Waals surface area (Å²) in [5, 5.41) is 4.85. The molecule has 2 atom stereocenters. The fraction of sp³-hybridized carbons (Fsp3) is 0.600. The van der Waals surface area contributed by atoms with Crippen LogP contribution >= 0.6 is 23.7 Å². The van der Waals surface area contributed by atoms with Gasteiger partial charge in [0.25, 0.3) is 0 Å². The highest BCUT2D eigenvalue weighted by atomic mass is 35.5. The van der Waals surface area contributed by atoms with E-state index in [1.54, 1.807) is 18.3 Å². The van der Waals surface area contributed by atoms with E-state index in [-0.39, 0.29) is 24.2 Å². The summed E-state index contributed by atoms with van der Waals surface area (Å²) in [5.41, 5.74) is 6.80. The highest BCUT2D eigenvalue weighted by Gasteiger charge is 2.28. The molecule has 0 spiro atoms. The van der Waals surface area contributed by atoms with Crippen LogP contribution in [0.4, 0.5) is 0 Å². The van der Waals surface area contributed by atoms with Gasteiger partial charge in [-0.2, -0.15) is 0 Å². The van der Waals surface area contributed by atoms with Gasteiger partial charge in [0.2, 0.25) is 11.8 Å². The quantitative estimate of drug-likeness (QED) is 0.852. The van der Waals surface area contributed by atoms with Crippen LogP contribution in [0.1, 0.15) is 37.1 Å². The van der Waals surface area contributed by atoms with Gasteiger partial charge < -0.3 is 16.0 Å². The molecule has 2 amide bonds. The summed E-state index contributed by atoms with van der Waals surface area (Å²) in [6.07, 6.45) is 2.39. The van der Waals surface area contributed by atoms with Crippen LogP contribution in [0.5, 0.6) is 0 Å². The van der Waals surface area contributed by atoms with Crippen LogP contribution in [0.25, 0.3) is 0 Å². The number of carbonyl (C=O) groups excluding carboxylic acids is 2. The van der Waals surface area contributed by atoms with Gasteiger partial charge in [-0.1, -0.05) is 13.3 Å². The van der Waals surface area contributed by atoms with Crippen LogP contribution in [0, 0.1) is 0 Å². The van der Waals surface area contributed by atoms with E-state index < -0.39 is 12.1 Å². The summed E-state index contributed by atoms with van der Waals surface area (Å²) >= 11 is 1.75. The van der Waals surface area contributed by atoms with E-state index in [0.717, 1.165) is 19.4 Å². The molecule has 0 aliphatic carbocycles. The maximum absolute atomic E-state index is 12.7. The third-order valence-corrected chi connectivity index (χ3v) is 4.75. The Balaban J connectivity index is 0.00000242. The number of fused-ring (bicyclic) bond motifs is 1. The minimum atomic E-state index is -0.595. The Morgan fingerprint density at radius 3 is 2.86 bits per heavy atom. The summed E-state index contributed by atoms with van der Waals surface area (Å²) < 4.78 is 0. The lowest BCUT2D eigenvalue weighted by Gasteiger charge is -2.31. The second-order valence-electron chi connectivity index (χ2n) is 5.52. The van der Waals surface area contributed by atoms with Crippen molar-refractivity contribution in [3.05, 3.63) is 21.9 Å². The molecule has 1 aliphatic rings. The predicted octanol–water partition coefficient (Wildman–Crippen LogP) is 1.69. The maximum Gasteiger partial charge on any atom is 0.245 e. The number of hydrogen-bond donors (Lipinski definition) is 2. The minimum absolute atomic E-state index is 0. The first-order chi connectivity index (χ1) is 10.0. The molecule has 124 valence electrons. The number of carbonyl (C=O) groups is 2. The Morgan fingerprint density at radius 2 is 2.23 bits per heavy atom. The van der Waals surface area contributed by atoms with Gasteiger partial charge in [-0.15, -0.1) is 23.7 Å². The van der Waals surface area contributed by atoms with Crippen molar-refractivity contribution in [3.8, 4) is 0 Å². The molecule has 2 heterocycles. The van der Waals surface area contributed by atoms with E-state index >= 15 is 0 Å². The first-order valence-corrected chi connectivity index (χ1v) is 8.30. The monoisotopic (exact) mass is 345 g/mol. The lowest BCUT2D eigenvalue weighted by molar-refractivity contribution is -0.137. The molecule has 7 heteroatoms. The van der Waals surface area contributed by atoms with Crippen LogP contribution in [0.15, 0.2) is 11.4 Å². The van der Waals surface area contributed by atoms with Gasteiger partial charge in [-0.05, 0) is 36.8 Å². The smallest absolute Gasteiger partial charge is 0.245 e. The molecule has 22 heavy (non-hydrogen) atoms. The van der Waals surface area contributed by atoms with Crippen LogP contribution < -0.4 is 11.1 Å². The average molecular weight is 346 g/mol. The fourth-order valence-corrected chi connectivity index (χ4v) is 3.40. The largest absolute Gasteiger partial charge is 0.343 e. The first-order valence-electron chi connectivity index (χ1n) is 7.43. The summed E-state index contributed by atoms with van der Waals surface area (Å²) in [6, 6.07) is 1.02. The highest BCUT2D eigenvalue weighted by Crippen LogP contribution is 2.24. The second-order valence-corrected chi connectivity index (χ2v) is 6.52. The summed E-state index contributed by atoms with van der Waals surface area (Å²) in [6.45, 7) is 5.00. The average Bonchev–Trinajstić information content (AvgIpc) is 2.93. The zero-order valence-corrected chi connectivity index (χ0v) is 14.6. The number of hydrogen-bond acceptors (Lipinski definition) is 4. The molecule has 0 bridgehead atoms. The molecule has 1 aliphatic heterocycles. The predicted molar refractivity (Wildman–Crippen MR) is 91.2 cm³/mol. The molecule has 1 unspecified atom stereocenters. The van der Waals surface area contributed by atoms with Gasteiger partial charge in [0.1, 0.15) is 6.04 Å². The van der Waals surface area contributed by atoms with Crippen molar-refractivity contribution >= 4 is 35.6 Å². The molecule has 0 radical (unpaired) electrons. The number of nitrogens with two attached hydrogens (primary N) is 1. The van der Waals surface area contributed by atoms with Gasteiger partial charge in [0.05, 0.1) is 6.04 Å². The highest BCUT2D eigenvalue weighted by molar-refractivity contribution is 7.10. The maximum atomic E-state index is 12.7. The summed E-state index contributed by atoms with van der Waals surface area (Å²) in [4.78, 5) is 27.6. The van der Waals surface area contributed by atoms with Gasteiger partial charge in [0, 0.05) is 18.0 Å². The Hall–Kier alpha value is -1.11. The summed E-state index contributed by atoms with van der Waals surface area (Å²) in [5.74, 6) is -0.266. The summed E-state index contributed by atoms with van der Waals surface area (Å²) in [7, 11) is 0. The number of halogens is 1. The Morgan fingerprint density at radius 1 is 1.50 bits per heavy atom. The number of nitrogens with one attached hydrogen (secondary N) is 1. The molecule has 1 aromatic heterocycles. The molecule has 0 saturated heterocycles. The van der Waals surface area contributed by atoms with Crippen molar-refractivity contribution < 1.29 is 9.59 Å².